The Morgan fingerprint density at radius 3 is 2.80 bits per heavy atom. The van der Waals surface area contributed by atoms with Gasteiger partial charge in [-0.3, -0.25) is 4.79 Å². The first kappa shape index (κ1) is 15.1. The van der Waals surface area contributed by atoms with E-state index in [1.165, 1.54) is 0 Å². The highest BCUT2D eigenvalue weighted by molar-refractivity contribution is 7.80. The SMILES string of the molecule is NC(=S)c1ccc(NCCCC(=O)NC2CC2)c(Cl)c1. The largest absolute Gasteiger partial charge is 0.389 e. The van der Waals surface area contributed by atoms with Crippen LogP contribution >= 0.6 is 23.8 Å². The Morgan fingerprint density at radius 2 is 2.20 bits per heavy atom. The topological polar surface area (TPSA) is 67.1 Å². The molecule has 1 aliphatic carbocycles. The molecule has 0 aliphatic heterocycles. The van der Waals surface area contributed by atoms with Gasteiger partial charge in [0.1, 0.15) is 4.99 Å². The Labute approximate surface area is 129 Å². The second-order valence-electron chi connectivity index (χ2n) is 4.93. The van der Waals surface area contributed by atoms with Crippen LogP contribution in [-0.4, -0.2) is 23.5 Å². The average Bonchev–Trinajstić information content (AvgIpc) is 3.19. The van der Waals surface area contributed by atoms with Crippen molar-refractivity contribution in [2.45, 2.75) is 31.7 Å². The minimum atomic E-state index is 0.129. The lowest BCUT2D eigenvalue weighted by molar-refractivity contribution is -0.121. The highest BCUT2D eigenvalue weighted by Gasteiger charge is 2.22. The second kappa shape index (κ2) is 6.90. The molecule has 0 heterocycles. The number of halogens is 1. The normalized spacial score (nSPS) is 13.8. The van der Waals surface area contributed by atoms with Crippen LogP contribution in [-0.2, 0) is 4.79 Å². The van der Waals surface area contributed by atoms with Crippen LogP contribution in [0.15, 0.2) is 18.2 Å². The smallest absolute Gasteiger partial charge is 0.220 e. The number of rotatable bonds is 7. The molecule has 0 aromatic heterocycles. The zero-order valence-corrected chi connectivity index (χ0v) is 12.7. The second-order valence-corrected chi connectivity index (χ2v) is 5.78. The van der Waals surface area contributed by atoms with E-state index >= 15 is 0 Å². The van der Waals surface area contributed by atoms with Crippen LogP contribution in [0.25, 0.3) is 0 Å². The van der Waals surface area contributed by atoms with Gasteiger partial charge in [-0.25, -0.2) is 0 Å². The van der Waals surface area contributed by atoms with Gasteiger partial charge in [-0.2, -0.15) is 0 Å². The van der Waals surface area contributed by atoms with Crippen LogP contribution in [0.5, 0.6) is 0 Å². The van der Waals surface area contributed by atoms with Crippen LogP contribution in [0.3, 0.4) is 0 Å². The first-order chi connectivity index (χ1) is 9.56. The molecule has 1 amide bonds. The van der Waals surface area contributed by atoms with E-state index < -0.39 is 0 Å². The molecule has 6 heteroatoms. The maximum Gasteiger partial charge on any atom is 0.220 e. The fourth-order valence-corrected chi connectivity index (χ4v) is 2.19. The maximum absolute atomic E-state index is 11.5. The molecule has 4 N–H and O–H groups in total. The van der Waals surface area contributed by atoms with Crippen molar-refractivity contribution in [3.05, 3.63) is 28.8 Å². The van der Waals surface area contributed by atoms with Gasteiger partial charge in [0.25, 0.3) is 0 Å². The van der Waals surface area contributed by atoms with Crippen molar-refractivity contribution in [3.8, 4) is 0 Å². The third-order valence-electron chi connectivity index (χ3n) is 3.09. The molecule has 0 radical (unpaired) electrons. The third kappa shape index (κ3) is 4.65. The fourth-order valence-electron chi connectivity index (χ4n) is 1.81. The van der Waals surface area contributed by atoms with Gasteiger partial charge in [-0.05, 0) is 37.5 Å². The van der Waals surface area contributed by atoms with E-state index in [1.807, 2.05) is 12.1 Å². The molecule has 20 heavy (non-hydrogen) atoms. The van der Waals surface area contributed by atoms with Gasteiger partial charge in [0.2, 0.25) is 5.91 Å². The van der Waals surface area contributed by atoms with Crippen molar-refractivity contribution in [3.63, 3.8) is 0 Å². The number of carbonyl (C=O) groups is 1. The average molecular weight is 312 g/mol. The Balaban J connectivity index is 1.73. The summed E-state index contributed by atoms with van der Waals surface area (Å²) in [4.78, 5) is 11.8. The van der Waals surface area contributed by atoms with Crippen LogP contribution in [0, 0.1) is 0 Å². The van der Waals surface area contributed by atoms with E-state index in [4.69, 9.17) is 29.6 Å². The number of amides is 1. The summed E-state index contributed by atoms with van der Waals surface area (Å²) in [7, 11) is 0. The summed E-state index contributed by atoms with van der Waals surface area (Å²) in [5.74, 6) is 0.129. The van der Waals surface area contributed by atoms with Gasteiger partial charge in [-0.15, -0.1) is 0 Å². The molecule has 0 unspecified atom stereocenters. The van der Waals surface area contributed by atoms with Gasteiger partial charge in [0, 0.05) is 24.6 Å². The Bertz CT molecular complexity index is 517. The van der Waals surface area contributed by atoms with Crippen molar-refractivity contribution >= 4 is 40.4 Å². The van der Waals surface area contributed by atoms with Crippen molar-refractivity contribution in [2.24, 2.45) is 5.73 Å². The van der Waals surface area contributed by atoms with Gasteiger partial charge in [0.15, 0.2) is 0 Å². The zero-order chi connectivity index (χ0) is 14.5. The summed E-state index contributed by atoms with van der Waals surface area (Å²) < 4.78 is 0. The predicted molar refractivity (Wildman–Crippen MR) is 86.2 cm³/mol. The van der Waals surface area contributed by atoms with Crippen molar-refractivity contribution in [2.75, 3.05) is 11.9 Å². The molecule has 1 aromatic carbocycles. The standard InChI is InChI=1S/C14H18ClN3OS/c15-11-8-9(14(16)20)3-6-12(11)17-7-1-2-13(19)18-10-4-5-10/h3,6,8,10,17H,1-2,4-5,7H2,(H2,16,20)(H,18,19). The molecule has 0 atom stereocenters. The summed E-state index contributed by atoms with van der Waals surface area (Å²) in [5.41, 5.74) is 7.12. The highest BCUT2D eigenvalue weighted by Crippen LogP contribution is 2.23. The van der Waals surface area contributed by atoms with Gasteiger partial charge >= 0.3 is 0 Å². The number of thiocarbonyl (C=S) groups is 1. The first-order valence-electron chi connectivity index (χ1n) is 6.69. The summed E-state index contributed by atoms with van der Waals surface area (Å²) in [5, 5.41) is 6.75. The molecule has 0 bridgehead atoms. The predicted octanol–water partition coefficient (Wildman–Crippen LogP) is 2.44. The quantitative estimate of drug-likeness (QED) is 0.534. The minimum Gasteiger partial charge on any atom is -0.389 e. The summed E-state index contributed by atoms with van der Waals surface area (Å²) in [6.45, 7) is 0.699. The van der Waals surface area contributed by atoms with Crippen LogP contribution in [0.1, 0.15) is 31.2 Å². The zero-order valence-electron chi connectivity index (χ0n) is 11.1. The molecule has 4 nitrogen and oxygen atoms in total. The number of nitrogens with one attached hydrogen (secondary N) is 2. The summed E-state index contributed by atoms with van der Waals surface area (Å²) in [6.07, 6.45) is 3.54. The van der Waals surface area contributed by atoms with Crippen molar-refractivity contribution in [1.29, 1.82) is 0 Å². The van der Waals surface area contributed by atoms with Crippen molar-refractivity contribution in [1.82, 2.24) is 5.32 Å². The number of anilines is 1. The lowest BCUT2D eigenvalue weighted by atomic mass is 10.2. The number of hydrogen-bond donors (Lipinski definition) is 3. The van der Waals surface area contributed by atoms with E-state index in [-0.39, 0.29) is 5.91 Å². The number of hydrogen-bond acceptors (Lipinski definition) is 3. The Hall–Kier alpha value is -1.33. The molecule has 1 saturated carbocycles. The summed E-state index contributed by atoms with van der Waals surface area (Å²) in [6, 6.07) is 5.85. The summed E-state index contributed by atoms with van der Waals surface area (Å²) >= 11 is 11.0. The Kier molecular flexibility index (Phi) is 5.20. The van der Waals surface area contributed by atoms with Gasteiger partial charge < -0.3 is 16.4 Å². The monoisotopic (exact) mass is 311 g/mol. The van der Waals surface area contributed by atoms with E-state index in [0.29, 0.717) is 29.0 Å². The van der Waals surface area contributed by atoms with E-state index in [1.54, 1.807) is 6.07 Å². The van der Waals surface area contributed by atoms with Crippen LogP contribution < -0.4 is 16.4 Å². The maximum atomic E-state index is 11.5. The van der Waals surface area contributed by atoms with E-state index in [9.17, 15) is 4.79 Å². The molecule has 0 spiro atoms. The van der Waals surface area contributed by atoms with Crippen LogP contribution in [0.4, 0.5) is 5.69 Å². The number of benzene rings is 1. The van der Waals surface area contributed by atoms with Gasteiger partial charge in [0.05, 0.1) is 10.7 Å². The lowest BCUT2D eigenvalue weighted by Crippen LogP contribution is -2.25. The van der Waals surface area contributed by atoms with E-state index in [0.717, 1.165) is 30.5 Å². The molecule has 1 fully saturated rings. The van der Waals surface area contributed by atoms with Crippen molar-refractivity contribution < 1.29 is 4.79 Å². The van der Waals surface area contributed by atoms with Crippen LogP contribution in [0.2, 0.25) is 5.02 Å². The molecule has 2 rings (SSSR count). The minimum absolute atomic E-state index is 0.129. The lowest BCUT2D eigenvalue weighted by Gasteiger charge is -2.09. The molecule has 1 aromatic rings. The van der Waals surface area contributed by atoms with Gasteiger partial charge in [-0.1, -0.05) is 23.8 Å². The number of nitrogens with two attached hydrogens (primary N) is 1. The highest BCUT2D eigenvalue weighted by atomic mass is 35.5. The molecule has 0 saturated heterocycles. The number of carbonyl (C=O) groups excluding carboxylic acids is 1. The third-order valence-corrected chi connectivity index (χ3v) is 3.64. The molecular formula is C14H18ClN3OS. The Morgan fingerprint density at radius 1 is 1.45 bits per heavy atom. The molecular weight excluding hydrogens is 294 g/mol. The molecule has 108 valence electrons. The van der Waals surface area contributed by atoms with E-state index in [2.05, 4.69) is 10.6 Å². The fraction of sp³-hybridized carbons (Fsp3) is 0.429. The molecule has 1 aliphatic rings. The first-order valence-corrected chi connectivity index (χ1v) is 7.47.